The maximum absolute atomic E-state index is 12.9. The summed E-state index contributed by atoms with van der Waals surface area (Å²) in [7, 11) is 0. The number of rotatable bonds is 6. The summed E-state index contributed by atoms with van der Waals surface area (Å²) < 4.78 is 5.16. The summed E-state index contributed by atoms with van der Waals surface area (Å²) >= 11 is 0. The Kier molecular flexibility index (Phi) is 7.12. The molecule has 3 amide bonds. The van der Waals surface area contributed by atoms with E-state index in [0.29, 0.717) is 51.5 Å². The number of nitrogens with zero attached hydrogens (tertiary/aromatic N) is 2. The molecule has 2 fully saturated rings. The Morgan fingerprint density at radius 1 is 1.17 bits per heavy atom. The SMILES string of the molecule is CC(C)COC(=O)NC1CCN(C(=O)C2CC(=O)N(Cc3ccccc3)C2)CC1. The topological polar surface area (TPSA) is 79.0 Å². The highest BCUT2D eigenvalue weighted by Gasteiger charge is 2.37. The second kappa shape index (κ2) is 9.76. The van der Waals surface area contributed by atoms with Crippen molar-refractivity contribution >= 4 is 17.9 Å². The number of nitrogens with one attached hydrogen (secondary N) is 1. The third kappa shape index (κ3) is 5.95. The summed E-state index contributed by atoms with van der Waals surface area (Å²) in [5.41, 5.74) is 1.07. The molecular weight excluding hydrogens is 370 g/mol. The largest absolute Gasteiger partial charge is 0.449 e. The van der Waals surface area contributed by atoms with Gasteiger partial charge in [-0.1, -0.05) is 44.2 Å². The van der Waals surface area contributed by atoms with Gasteiger partial charge in [0.25, 0.3) is 0 Å². The van der Waals surface area contributed by atoms with Crippen LogP contribution in [0.1, 0.15) is 38.7 Å². The van der Waals surface area contributed by atoms with Crippen LogP contribution in [0.5, 0.6) is 0 Å². The number of benzene rings is 1. The number of piperidine rings is 1. The van der Waals surface area contributed by atoms with Crippen LogP contribution in [0.3, 0.4) is 0 Å². The molecule has 29 heavy (non-hydrogen) atoms. The fraction of sp³-hybridized carbons (Fsp3) is 0.591. The van der Waals surface area contributed by atoms with E-state index in [4.69, 9.17) is 4.74 Å². The molecule has 0 spiro atoms. The number of hydrogen-bond acceptors (Lipinski definition) is 4. The van der Waals surface area contributed by atoms with Crippen LogP contribution >= 0.6 is 0 Å². The highest BCUT2D eigenvalue weighted by atomic mass is 16.5. The van der Waals surface area contributed by atoms with Crippen LogP contribution in [0.25, 0.3) is 0 Å². The van der Waals surface area contributed by atoms with Gasteiger partial charge in [0.2, 0.25) is 11.8 Å². The first-order valence-electron chi connectivity index (χ1n) is 10.5. The average Bonchev–Trinajstić information content (AvgIpc) is 3.07. The van der Waals surface area contributed by atoms with Gasteiger partial charge in [0.15, 0.2) is 0 Å². The summed E-state index contributed by atoms with van der Waals surface area (Å²) in [6.45, 7) is 6.60. The van der Waals surface area contributed by atoms with Crippen molar-refractivity contribution in [1.29, 1.82) is 0 Å². The minimum absolute atomic E-state index is 0.0264. The van der Waals surface area contributed by atoms with Crippen molar-refractivity contribution in [1.82, 2.24) is 15.1 Å². The van der Waals surface area contributed by atoms with E-state index in [0.717, 1.165) is 5.56 Å². The number of likely N-dealkylation sites (tertiary alicyclic amines) is 2. The Bertz CT molecular complexity index is 714. The lowest BCUT2D eigenvalue weighted by Crippen LogP contribution is -2.48. The number of alkyl carbamates (subject to hydrolysis) is 1. The minimum atomic E-state index is -0.388. The fourth-order valence-electron chi connectivity index (χ4n) is 3.85. The third-order valence-electron chi connectivity index (χ3n) is 5.46. The zero-order valence-corrected chi connectivity index (χ0v) is 17.3. The van der Waals surface area contributed by atoms with Crippen molar-refractivity contribution in [2.24, 2.45) is 11.8 Å². The van der Waals surface area contributed by atoms with Gasteiger partial charge in [-0.15, -0.1) is 0 Å². The molecule has 1 aromatic carbocycles. The third-order valence-corrected chi connectivity index (χ3v) is 5.46. The van der Waals surface area contributed by atoms with Crippen LogP contribution in [0.2, 0.25) is 0 Å². The van der Waals surface area contributed by atoms with E-state index in [-0.39, 0.29) is 36.3 Å². The van der Waals surface area contributed by atoms with Gasteiger partial charge in [-0.2, -0.15) is 0 Å². The number of carbonyl (C=O) groups excluding carboxylic acids is 3. The second-order valence-electron chi connectivity index (χ2n) is 8.40. The molecule has 158 valence electrons. The first kappa shape index (κ1) is 21.1. The molecule has 1 atom stereocenters. The van der Waals surface area contributed by atoms with Crippen molar-refractivity contribution < 1.29 is 19.1 Å². The van der Waals surface area contributed by atoms with Crippen molar-refractivity contribution in [3.8, 4) is 0 Å². The predicted octanol–water partition coefficient (Wildman–Crippen LogP) is 2.41. The molecule has 2 aliphatic rings. The number of ether oxygens (including phenoxy) is 1. The molecule has 1 unspecified atom stereocenters. The van der Waals surface area contributed by atoms with Crippen molar-refractivity contribution in [2.45, 2.75) is 45.7 Å². The summed E-state index contributed by atoms with van der Waals surface area (Å²) in [6.07, 6.45) is 1.31. The lowest BCUT2D eigenvalue weighted by Gasteiger charge is -2.33. The molecule has 0 aromatic heterocycles. The van der Waals surface area contributed by atoms with Crippen LogP contribution in [0.4, 0.5) is 4.79 Å². The predicted molar refractivity (Wildman–Crippen MR) is 109 cm³/mol. The Labute approximate surface area is 172 Å². The van der Waals surface area contributed by atoms with E-state index in [1.807, 2.05) is 49.1 Å². The van der Waals surface area contributed by atoms with Gasteiger partial charge in [0.05, 0.1) is 12.5 Å². The highest BCUT2D eigenvalue weighted by molar-refractivity contribution is 5.89. The molecule has 0 radical (unpaired) electrons. The normalized spacial score (nSPS) is 20.2. The summed E-state index contributed by atoms with van der Waals surface area (Å²) in [5.74, 6) is 0.119. The number of amides is 3. The van der Waals surface area contributed by atoms with Gasteiger partial charge in [-0.25, -0.2) is 4.79 Å². The van der Waals surface area contributed by atoms with Crippen LogP contribution < -0.4 is 5.32 Å². The Morgan fingerprint density at radius 2 is 1.86 bits per heavy atom. The van der Waals surface area contributed by atoms with Gasteiger partial charge in [0, 0.05) is 38.6 Å². The second-order valence-corrected chi connectivity index (χ2v) is 8.40. The Hall–Kier alpha value is -2.57. The van der Waals surface area contributed by atoms with E-state index in [2.05, 4.69) is 5.32 Å². The van der Waals surface area contributed by atoms with E-state index >= 15 is 0 Å². The van der Waals surface area contributed by atoms with Crippen molar-refractivity contribution in [3.63, 3.8) is 0 Å². The zero-order valence-electron chi connectivity index (χ0n) is 17.3. The molecule has 1 aromatic rings. The van der Waals surface area contributed by atoms with Gasteiger partial charge in [-0.3, -0.25) is 9.59 Å². The Morgan fingerprint density at radius 3 is 2.52 bits per heavy atom. The highest BCUT2D eigenvalue weighted by Crippen LogP contribution is 2.24. The van der Waals surface area contributed by atoms with E-state index in [1.54, 1.807) is 4.90 Å². The monoisotopic (exact) mass is 401 g/mol. The quantitative estimate of drug-likeness (QED) is 0.794. The van der Waals surface area contributed by atoms with Crippen molar-refractivity contribution in [2.75, 3.05) is 26.2 Å². The maximum atomic E-state index is 12.9. The Balaban J connectivity index is 1.43. The molecule has 7 heteroatoms. The summed E-state index contributed by atoms with van der Waals surface area (Å²) in [6, 6.07) is 9.87. The summed E-state index contributed by atoms with van der Waals surface area (Å²) in [5, 5.41) is 2.88. The van der Waals surface area contributed by atoms with E-state index < -0.39 is 0 Å². The summed E-state index contributed by atoms with van der Waals surface area (Å²) in [4.78, 5) is 40.7. The minimum Gasteiger partial charge on any atom is -0.449 e. The molecule has 2 heterocycles. The standard InChI is InChI=1S/C22H31N3O4/c1-16(2)15-29-22(28)23-19-8-10-24(11-9-19)21(27)18-12-20(26)25(14-18)13-17-6-4-3-5-7-17/h3-7,16,18-19H,8-15H2,1-2H3,(H,23,28). The van der Waals surface area contributed by atoms with Crippen molar-refractivity contribution in [3.05, 3.63) is 35.9 Å². The average molecular weight is 402 g/mol. The van der Waals surface area contributed by atoms with Gasteiger partial charge >= 0.3 is 6.09 Å². The first-order chi connectivity index (χ1) is 13.9. The molecule has 0 saturated carbocycles. The molecule has 7 nitrogen and oxygen atoms in total. The van der Waals surface area contributed by atoms with Gasteiger partial charge in [0.1, 0.15) is 0 Å². The molecule has 1 N–H and O–H groups in total. The molecular formula is C22H31N3O4. The lowest BCUT2D eigenvalue weighted by atomic mass is 10.0. The first-order valence-corrected chi connectivity index (χ1v) is 10.5. The molecule has 2 aliphatic heterocycles. The van der Waals surface area contributed by atoms with Crippen LogP contribution in [-0.2, 0) is 20.9 Å². The van der Waals surface area contributed by atoms with Crippen LogP contribution in [-0.4, -0.2) is 60.0 Å². The molecule has 0 bridgehead atoms. The molecule has 0 aliphatic carbocycles. The van der Waals surface area contributed by atoms with E-state index in [9.17, 15) is 14.4 Å². The van der Waals surface area contributed by atoms with Gasteiger partial charge in [-0.05, 0) is 24.3 Å². The molecule has 3 rings (SSSR count). The molecule has 2 saturated heterocycles. The van der Waals surface area contributed by atoms with Gasteiger partial charge < -0.3 is 19.9 Å². The smallest absolute Gasteiger partial charge is 0.407 e. The number of hydrogen-bond donors (Lipinski definition) is 1. The van der Waals surface area contributed by atoms with E-state index in [1.165, 1.54) is 0 Å². The zero-order chi connectivity index (χ0) is 20.8. The maximum Gasteiger partial charge on any atom is 0.407 e. The fourth-order valence-corrected chi connectivity index (χ4v) is 3.85. The van der Waals surface area contributed by atoms with Crippen LogP contribution in [0.15, 0.2) is 30.3 Å². The number of carbonyl (C=O) groups is 3. The van der Waals surface area contributed by atoms with Crippen LogP contribution in [0, 0.1) is 11.8 Å². The lowest BCUT2D eigenvalue weighted by molar-refractivity contribution is -0.136.